The molecule has 0 aromatic heterocycles. The van der Waals surface area contributed by atoms with Gasteiger partial charge in [-0.1, -0.05) is 96.1 Å². The predicted molar refractivity (Wildman–Crippen MR) is 134 cm³/mol. The molecule has 0 heterocycles. The molecule has 0 amide bonds. The zero-order valence-corrected chi connectivity index (χ0v) is 20.5. The van der Waals surface area contributed by atoms with Crippen LogP contribution in [0.2, 0.25) is 0 Å². The second-order valence-corrected chi connectivity index (χ2v) is 8.81. The highest BCUT2D eigenvalue weighted by molar-refractivity contribution is 5.96. The average molecular weight is 471 g/mol. The van der Waals surface area contributed by atoms with Gasteiger partial charge in [-0.3, -0.25) is 0 Å². The van der Waals surface area contributed by atoms with Crippen molar-refractivity contribution >= 4 is 11.9 Å². The van der Waals surface area contributed by atoms with E-state index in [1.807, 2.05) is 0 Å². The van der Waals surface area contributed by atoms with Crippen molar-refractivity contribution in [1.29, 1.82) is 0 Å². The van der Waals surface area contributed by atoms with E-state index in [-0.39, 0.29) is 11.3 Å². The molecule has 0 saturated heterocycles. The molecule has 4 nitrogen and oxygen atoms in total. The first-order valence-electron chi connectivity index (χ1n) is 12.8. The standard InChI is InChI=1S/C29H39FO4/c1-2-3-4-5-6-7-8-9-10-11-12-13-14-21-33-28(31)24-17-15-18-25(22-24)29(32)34-27-20-16-19-26(30)23-27/h15-20,22-23H,2-14,21H2,1H3. The summed E-state index contributed by atoms with van der Waals surface area (Å²) >= 11 is 0. The number of unbranched alkanes of at least 4 members (excludes halogenated alkanes) is 12. The monoisotopic (exact) mass is 470 g/mol. The van der Waals surface area contributed by atoms with E-state index >= 15 is 0 Å². The number of halogens is 1. The van der Waals surface area contributed by atoms with Crippen LogP contribution in [-0.2, 0) is 4.74 Å². The van der Waals surface area contributed by atoms with E-state index < -0.39 is 17.8 Å². The van der Waals surface area contributed by atoms with Crippen LogP contribution in [0.3, 0.4) is 0 Å². The van der Waals surface area contributed by atoms with Crippen molar-refractivity contribution in [3.63, 3.8) is 0 Å². The van der Waals surface area contributed by atoms with E-state index in [2.05, 4.69) is 6.92 Å². The van der Waals surface area contributed by atoms with Crippen LogP contribution in [0.4, 0.5) is 4.39 Å². The maximum absolute atomic E-state index is 13.3. The number of rotatable bonds is 17. The smallest absolute Gasteiger partial charge is 0.343 e. The Hall–Kier alpha value is -2.69. The molecule has 0 saturated carbocycles. The fraction of sp³-hybridized carbons (Fsp3) is 0.517. The molecule has 2 aromatic rings. The summed E-state index contributed by atoms with van der Waals surface area (Å²) in [6.45, 7) is 2.62. The molecule has 0 fully saturated rings. The van der Waals surface area contributed by atoms with Gasteiger partial charge in [0.15, 0.2) is 0 Å². The summed E-state index contributed by atoms with van der Waals surface area (Å²) in [5.74, 6) is -1.49. The SMILES string of the molecule is CCCCCCCCCCCCCCCOC(=O)c1cccc(C(=O)Oc2cccc(F)c2)c1. The fourth-order valence-electron chi connectivity index (χ4n) is 3.84. The van der Waals surface area contributed by atoms with Crippen LogP contribution in [0, 0.1) is 5.82 Å². The molecule has 0 aliphatic heterocycles. The molecule has 5 heteroatoms. The van der Waals surface area contributed by atoms with E-state index in [1.54, 1.807) is 18.2 Å². The Morgan fingerprint density at radius 2 is 1.21 bits per heavy atom. The largest absolute Gasteiger partial charge is 0.462 e. The zero-order valence-electron chi connectivity index (χ0n) is 20.5. The van der Waals surface area contributed by atoms with Gasteiger partial charge in [-0.25, -0.2) is 14.0 Å². The summed E-state index contributed by atoms with van der Waals surface area (Å²) in [6, 6.07) is 11.5. The van der Waals surface area contributed by atoms with Gasteiger partial charge in [0.05, 0.1) is 17.7 Å². The molecule has 34 heavy (non-hydrogen) atoms. The average Bonchev–Trinajstić information content (AvgIpc) is 2.84. The van der Waals surface area contributed by atoms with E-state index in [4.69, 9.17) is 9.47 Å². The molecule has 2 rings (SSSR count). The van der Waals surface area contributed by atoms with Gasteiger partial charge in [0, 0.05) is 6.07 Å². The minimum atomic E-state index is -0.656. The number of benzene rings is 2. The Morgan fingerprint density at radius 3 is 1.79 bits per heavy atom. The molecule has 0 bridgehead atoms. The second kappa shape index (κ2) is 16.9. The summed E-state index contributed by atoms with van der Waals surface area (Å²) in [5.41, 5.74) is 0.503. The van der Waals surface area contributed by atoms with Crippen molar-refractivity contribution < 1.29 is 23.5 Å². The zero-order chi connectivity index (χ0) is 24.4. The molecule has 0 atom stereocenters. The quantitative estimate of drug-likeness (QED) is 0.133. The van der Waals surface area contributed by atoms with E-state index in [1.165, 1.54) is 88.5 Å². The van der Waals surface area contributed by atoms with Gasteiger partial charge < -0.3 is 9.47 Å². The Balaban J connectivity index is 1.56. The van der Waals surface area contributed by atoms with Gasteiger partial charge in [0.2, 0.25) is 0 Å². The van der Waals surface area contributed by atoms with Crippen LogP contribution >= 0.6 is 0 Å². The van der Waals surface area contributed by atoms with Crippen molar-refractivity contribution in [2.45, 2.75) is 90.4 Å². The number of esters is 2. The summed E-state index contributed by atoms with van der Waals surface area (Å²) in [5, 5.41) is 0. The van der Waals surface area contributed by atoms with Crippen LogP contribution in [0.15, 0.2) is 48.5 Å². The molecule has 0 spiro atoms. The third kappa shape index (κ3) is 11.4. The minimum Gasteiger partial charge on any atom is -0.462 e. The highest BCUT2D eigenvalue weighted by atomic mass is 19.1. The van der Waals surface area contributed by atoms with Crippen molar-refractivity contribution in [2.75, 3.05) is 6.61 Å². The summed E-state index contributed by atoms with van der Waals surface area (Å²) in [4.78, 5) is 24.6. The summed E-state index contributed by atoms with van der Waals surface area (Å²) in [7, 11) is 0. The molecule has 0 unspecified atom stereocenters. The minimum absolute atomic E-state index is 0.111. The highest BCUT2D eigenvalue weighted by Gasteiger charge is 2.13. The third-order valence-electron chi connectivity index (χ3n) is 5.82. The summed E-state index contributed by atoms with van der Waals surface area (Å²) < 4.78 is 23.8. The lowest BCUT2D eigenvalue weighted by Crippen LogP contribution is -2.11. The predicted octanol–water partition coefficient (Wildman–Crippen LogP) is 8.29. The Kier molecular flexibility index (Phi) is 13.7. The van der Waals surface area contributed by atoms with Crippen molar-refractivity contribution in [3.05, 3.63) is 65.5 Å². The lowest BCUT2D eigenvalue weighted by Gasteiger charge is -2.07. The Labute approximate surface area is 203 Å². The molecule has 186 valence electrons. The van der Waals surface area contributed by atoms with Gasteiger partial charge in [0.25, 0.3) is 0 Å². The van der Waals surface area contributed by atoms with Crippen LogP contribution in [0.1, 0.15) is 111 Å². The molecule has 0 N–H and O–H groups in total. The summed E-state index contributed by atoms with van der Waals surface area (Å²) in [6.07, 6.45) is 16.4. The van der Waals surface area contributed by atoms with E-state index in [0.29, 0.717) is 12.2 Å². The number of hydrogen-bond donors (Lipinski definition) is 0. The number of hydrogen-bond acceptors (Lipinski definition) is 4. The maximum Gasteiger partial charge on any atom is 0.343 e. The topological polar surface area (TPSA) is 52.6 Å². The number of carbonyl (C=O) groups is 2. The molecule has 0 aliphatic carbocycles. The first kappa shape index (κ1) is 27.6. The fourth-order valence-corrected chi connectivity index (χ4v) is 3.84. The third-order valence-corrected chi connectivity index (χ3v) is 5.82. The molecular weight excluding hydrogens is 431 g/mol. The van der Waals surface area contributed by atoms with Gasteiger partial charge in [-0.05, 0) is 36.8 Å². The normalized spacial score (nSPS) is 10.8. The number of carbonyl (C=O) groups excluding carboxylic acids is 2. The van der Waals surface area contributed by atoms with Crippen molar-refractivity contribution in [2.24, 2.45) is 0 Å². The van der Waals surface area contributed by atoms with Crippen LogP contribution in [-0.4, -0.2) is 18.5 Å². The Bertz CT molecular complexity index is 865. The van der Waals surface area contributed by atoms with Gasteiger partial charge in [-0.2, -0.15) is 0 Å². The van der Waals surface area contributed by atoms with Crippen molar-refractivity contribution in [3.8, 4) is 5.75 Å². The highest BCUT2D eigenvalue weighted by Crippen LogP contribution is 2.16. The van der Waals surface area contributed by atoms with Gasteiger partial charge >= 0.3 is 11.9 Å². The Morgan fingerprint density at radius 1 is 0.676 bits per heavy atom. The van der Waals surface area contributed by atoms with Crippen LogP contribution in [0.25, 0.3) is 0 Å². The maximum atomic E-state index is 13.3. The lowest BCUT2D eigenvalue weighted by molar-refractivity contribution is 0.0497. The molecule has 0 aliphatic rings. The van der Waals surface area contributed by atoms with Crippen LogP contribution in [0.5, 0.6) is 5.75 Å². The lowest BCUT2D eigenvalue weighted by atomic mass is 10.0. The molecule has 0 radical (unpaired) electrons. The van der Waals surface area contributed by atoms with Crippen molar-refractivity contribution in [1.82, 2.24) is 0 Å². The molecule has 2 aromatic carbocycles. The van der Waals surface area contributed by atoms with E-state index in [9.17, 15) is 14.0 Å². The van der Waals surface area contributed by atoms with E-state index in [0.717, 1.165) is 25.3 Å². The van der Waals surface area contributed by atoms with Gasteiger partial charge in [0.1, 0.15) is 11.6 Å². The van der Waals surface area contributed by atoms with Gasteiger partial charge in [-0.15, -0.1) is 0 Å². The first-order valence-corrected chi connectivity index (χ1v) is 12.8. The second-order valence-electron chi connectivity index (χ2n) is 8.81. The van der Waals surface area contributed by atoms with Crippen LogP contribution < -0.4 is 4.74 Å². The first-order chi connectivity index (χ1) is 16.6. The molecular formula is C29H39FO4. The number of ether oxygens (including phenoxy) is 2.